The van der Waals surface area contributed by atoms with Crippen LogP contribution in [0.25, 0.3) is 10.1 Å². The molecule has 2 aromatic carbocycles. The number of benzene rings is 2. The average Bonchev–Trinajstić information content (AvgIpc) is 3.34. The van der Waals surface area contributed by atoms with Crippen molar-refractivity contribution in [1.29, 1.82) is 0 Å². The van der Waals surface area contributed by atoms with Gasteiger partial charge in [-0.2, -0.15) is 0 Å². The Morgan fingerprint density at radius 3 is 2.47 bits per heavy atom. The number of sulfonamides is 1. The average molecular weight is 460 g/mol. The molecule has 0 aliphatic heterocycles. The van der Waals surface area contributed by atoms with Crippen LogP contribution in [0.4, 0.5) is 10.3 Å². The van der Waals surface area contributed by atoms with Crippen molar-refractivity contribution in [2.45, 2.75) is 11.3 Å². The summed E-state index contributed by atoms with van der Waals surface area (Å²) in [5.41, 5.74) is 0.956. The largest absolute Gasteiger partial charge is 0.360 e. The van der Waals surface area contributed by atoms with Gasteiger partial charge in [0.2, 0.25) is 20.3 Å². The van der Waals surface area contributed by atoms with E-state index in [1.54, 1.807) is 12.1 Å². The molecule has 2 heterocycles. The van der Waals surface area contributed by atoms with E-state index in [0.29, 0.717) is 28.1 Å². The van der Waals surface area contributed by atoms with Crippen LogP contribution in [0.5, 0.6) is 0 Å². The molecular formula is C19H17N5O3S3. The zero-order valence-electron chi connectivity index (χ0n) is 15.5. The summed E-state index contributed by atoms with van der Waals surface area (Å²) in [5.74, 6) is -0.214. The molecule has 11 heteroatoms. The van der Waals surface area contributed by atoms with Crippen LogP contribution in [0.15, 0.2) is 59.5 Å². The lowest BCUT2D eigenvalue weighted by molar-refractivity contribution is 0.103. The predicted octanol–water partition coefficient (Wildman–Crippen LogP) is 3.31. The minimum absolute atomic E-state index is 0.0855. The van der Waals surface area contributed by atoms with E-state index in [0.717, 1.165) is 15.6 Å². The summed E-state index contributed by atoms with van der Waals surface area (Å²) in [6.07, 6.45) is 0.661. The number of carbonyl (C=O) groups is 1. The molecule has 1 amide bonds. The summed E-state index contributed by atoms with van der Waals surface area (Å²) >= 11 is 2.68. The number of aromatic nitrogens is 2. The van der Waals surface area contributed by atoms with E-state index in [4.69, 9.17) is 5.14 Å². The molecule has 0 bridgehead atoms. The number of hydrogen-bond acceptors (Lipinski definition) is 8. The van der Waals surface area contributed by atoms with Crippen LogP contribution < -0.4 is 15.8 Å². The molecule has 8 nitrogen and oxygen atoms in total. The Morgan fingerprint density at radius 1 is 1.00 bits per heavy atom. The van der Waals surface area contributed by atoms with Crippen LogP contribution in [0, 0.1) is 0 Å². The van der Waals surface area contributed by atoms with Crippen molar-refractivity contribution in [1.82, 2.24) is 10.2 Å². The molecule has 0 saturated heterocycles. The number of fused-ring (bicyclic) bond motifs is 1. The number of hydrogen-bond donors (Lipinski definition) is 3. The lowest BCUT2D eigenvalue weighted by atomic mass is 10.1. The van der Waals surface area contributed by atoms with Gasteiger partial charge >= 0.3 is 0 Å². The third kappa shape index (κ3) is 4.82. The fourth-order valence-corrected chi connectivity index (χ4v) is 4.90. The molecule has 0 unspecified atom stereocenters. The Kier molecular flexibility index (Phi) is 5.77. The summed E-state index contributed by atoms with van der Waals surface area (Å²) in [6, 6.07) is 16.1. The summed E-state index contributed by atoms with van der Waals surface area (Å²) in [5, 5.41) is 21.1. The van der Waals surface area contributed by atoms with Crippen molar-refractivity contribution in [2.75, 3.05) is 17.2 Å². The predicted molar refractivity (Wildman–Crippen MR) is 120 cm³/mol. The van der Waals surface area contributed by atoms with Crippen LogP contribution in [-0.4, -0.2) is 31.1 Å². The summed E-state index contributed by atoms with van der Waals surface area (Å²) < 4.78 is 23.6. The van der Waals surface area contributed by atoms with Gasteiger partial charge in [-0.15, -0.1) is 21.5 Å². The maximum absolute atomic E-state index is 12.5. The Hall–Kier alpha value is -2.86. The minimum atomic E-state index is -3.68. The number of thiophene rings is 1. The van der Waals surface area contributed by atoms with Gasteiger partial charge in [-0.25, -0.2) is 13.6 Å². The number of rotatable bonds is 7. The van der Waals surface area contributed by atoms with Crippen LogP contribution in [0.2, 0.25) is 0 Å². The minimum Gasteiger partial charge on any atom is -0.360 e. The SMILES string of the molecule is NS(=O)(=O)c1ccc(CCNc2nnc(NC(=O)c3cc4ccccc4s3)s2)cc1. The van der Waals surface area contributed by atoms with Crippen LogP contribution in [0.1, 0.15) is 15.2 Å². The van der Waals surface area contributed by atoms with E-state index >= 15 is 0 Å². The lowest BCUT2D eigenvalue weighted by Gasteiger charge is -2.04. The standard InChI is InChI=1S/C19H17N5O3S3/c20-30(26,27)14-7-5-12(6-8-14)9-10-21-18-23-24-19(29-18)22-17(25)16-11-13-3-1-2-4-15(13)28-16/h1-8,11H,9-10H2,(H,21,23)(H2,20,26,27)(H,22,24,25). The van der Waals surface area contributed by atoms with Crippen LogP contribution in [0.3, 0.4) is 0 Å². The second-order valence-electron chi connectivity index (χ2n) is 6.38. The van der Waals surface area contributed by atoms with Gasteiger partial charge in [0, 0.05) is 11.2 Å². The van der Waals surface area contributed by atoms with Crippen molar-refractivity contribution in [3.63, 3.8) is 0 Å². The Morgan fingerprint density at radius 2 is 1.73 bits per heavy atom. The van der Waals surface area contributed by atoms with E-state index in [1.165, 1.54) is 34.8 Å². The van der Waals surface area contributed by atoms with Crippen LogP contribution in [-0.2, 0) is 16.4 Å². The number of carbonyl (C=O) groups excluding carboxylic acids is 1. The molecule has 2 aromatic heterocycles. The molecule has 0 aliphatic rings. The fourth-order valence-electron chi connectivity index (χ4n) is 2.76. The van der Waals surface area contributed by atoms with E-state index in [2.05, 4.69) is 20.8 Å². The van der Waals surface area contributed by atoms with Gasteiger partial charge < -0.3 is 5.32 Å². The van der Waals surface area contributed by atoms with Gasteiger partial charge in [-0.1, -0.05) is 41.7 Å². The number of nitrogens with two attached hydrogens (primary N) is 1. The number of nitrogens with zero attached hydrogens (tertiary/aromatic N) is 2. The third-order valence-corrected chi connectivity index (χ3v) is 7.08. The quantitative estimate of drug-likeness (QED) is 0.389. The maximum atomic E-state index is 12.5. The molecule has 0 saturated carbocycles. The molecule has 0 spiro atoms. The van der Waals surface area contributed by atoms with E-state index < -0.39 is 10.0 Å². The highest BCUT2D eigenvalue weighted by Crippen LogP contribution is 2.27. The molecule has 30 heavy (non-hydrogen) atoms. The highest BCUT2D eigenvalue weighted by atomic mass is 32.2. The van der Waals surface area contributed by atoms with Gasteiger partial charge in [-0.05, 0) is 41.6 Å². The molecule has 4 rings (SSSR count). The van der Waals surface area contributed by atoms with Crippen molar-refractivity contribution in [3.05, 3.63) is 65.0 Å². The molecule has 4 N–H and O–H groups in total. The fraction of sp³-hybridized carbons (Fsp3) is 0.105. The summed E-state index contributed by atoms with van der Waals surface area (Å²) in [6.45, 7) is 0.577. The van der Waals surface area contributed by atoms with Crippen molar-refractivity contribution in [2.24, 2.45) is 5.14 Å². The number of nitrogens with one attached hydrogen (secondary N) is 2. The highest BCUT2D eigenvalue weighted by molar-refractivity contribution is 7.89. The first-order valence-corrected chi connectivity index (χ1v) is 12.1. The number of primary sulfonamides is 1. The van der Waals surface area contributed by atoms with Crippen molar-refractivity contribution >= 4 is 59.0 Å². The molecule has 0 atom stereocenters. The first-order chi connectivity index (χ1) is 14.4. The van der Waals surface area contributed by atoms with E-state index in [1.807, 2.05) is 30.3 Å². The highest BCUT2D eigenvalue weighted by Gasteiger charge is 2.13. The zero-order chi connectivity index (χ0) is 21.1. The monoisotopic (exact) mass is 459 g/mol. The van der Waals surface area contributed by atoms with Crippen LogP contribution >= 0.6 is 22.7 Å². The van der Waals surface area contributed by atoms with Gasteiger partial charge in [0.05, 0.1) is 9.77 Å². The number of amides is 1. The second kappa shape index (κ2) is 8.48. The lowest BCUT2D eigenvalue weighted by Crippen LogP contribution is -2.12. The van der Waals surface area contributed by atoms with E-state index in [-0.39, 0.29) is 10.8 Å². The molecule has 0 radical (unpaired) electrons. The topological polar surface area (TPSA) is 127 Å². The maximum Gasteiger partial charge on any atom is 0.267 e. The van der Waals surface area contributed by atoms with Crippen molar-refractivity contribution < 1.29 is 13.2 Å². The third-order valence-electron chi connectivity index (χ3n) is 4.24. The van der Waals surface area contributed by atoms with Gasteiger partial charge in [0.15, 0.2) is 0 Å². The molecule has 0 fully saturated rings. The molecular weight excluding hydrogens is 442 g/mol. The zero-order valence-corrected chi connectivity index (χ0v) is 18.0. The molecule has 0 aliphatic carbocycles. The second-order valence-corrected chi connectivity index (χ2v) is 10.0. The molecule has 154 valence electrons. The normalized spacial score (nSPS) is 11.5. The van der Waals surface area contributed by atoms with Gasteiger partial charge in [0.1, 0.15) is 0 Å². The summed E-state index contributed by atoms with van der Waals surface area (Å²) in [4.78, 5) is 13.2. The smallest absolute Gasteiger partial charge is 0.267 e. The summed E-state index contributed by atoms with van der Waals surface area (Å²) in [7, 11) is -3.68. The van der Waals surface area contributed by atoms with Gasteiger partial charge in [-0.3, -0.25) is 10.1 Å². The van der Waals surface area contributed by atoms with Gasteiger partial charge in [0.25, 0.3) is 5.91 Å². The van der Waals surface area contributed by atoms with Crippen molar-refractivity contribution in [3.8, 4) is 0 Å². The Bertz CT molecular complexity index is 1260. The van der Waals surface area contributed by atoms with E-state index in [9.17, 15) is 13.2 Å². The Labute approximate surface area is 180 Å². The Balaban J connectivity index is 1.31. The first-order valence-electron chi connectivity index (χ1n) is 8.87. The number of anilines is 2. The first kappa shape index (κ1) is 20.4. The molecule has 4 aromatic rings.